The number of benzene rings is 2. The number of furan rings is 1. The summed E-state index contributed by atoms with van der Waals surface area (Å²) in [6, 6.07) is 17.4. The first-order chi connectivity index (χ1) is 14.2. The van der Waals surface area contributed by atoms with Crippen molar-refractivity contribution in [2.45, 2.75) is 0 Å². The molecule has 4 rings (SSSR count). The minimum atomic E-state index is -0.296. The Morgan fingerprint density at radius 2 is 1.69 bits per heavy atom. The quantitative estimate of drug-likeness (QED) is 0.646. The van der Waals surface area contributed by atoms with Crippen LogP contribution in [0.25, 0.3) is 17.4 Å². The average molecular weight is 392 g/mol. The molecule has 1 aliphatic heterocycles. The van der Waals surface area contributed by atoms with E-state index in [1.165, 1.54) is 18.2 Å². The van der Waals surface area contributed by atoms with Crippen molar-refractivity contribution in [1.29, 1.82) is 0 Å². The number of hydrogen-bond acceptors (Lipinski definition) is 4. The molecule has 0 bridgehead atoms. The number of rotatable bonds is 5. The Kier molecular flexibility index (Phi) is 5.72. The summed E-state index contributed by atoms with van der Waals surface area (Å²) in [4.78, 5) is 14.4. The van der Waals surface area contributed by atoms with Crippen molar-refractivity contribution in [3.63, 3.8) is 0 Å². The summed E-state index contributed by atoms with van der Waals surface area (Å²) in [6.45, 7) is 3.22. The molecule has 1 amide bonds. The minimum Gasteiger partial charge on any atom is -0.457 e. The van der Waals surface area contributed by atoms with Gasteiger partial charge in [-0.1, -0.05) is 0 Å². The maximum Gasteiger partial charge on any atom is 0.248 e. The summed E-state index contributed by atoms with van der Waals surface area (Å²) >= 11 is 0. The topological polar surface area (TPSA) is 54.7 Å². The molecule has 5 nitrogen and oxygen atoms in total. The average Bonchev–Trinajstić information content (AvgIpc) is 3.23. The van der Waals surface area contributed by atoms with Crippen molar-refractivity contribution in [2.24, 2.45) is 0 Å². The summed E-state index contributed by atoms with van der Waals surface area (Å²) in [6.07, 6.45) is 3.02. The number of morpholine rings is 1. The number of halogens is 1. The summed E-state index contributed by atoms with van der Waals surface area (Å²) in [7, 11) is 0. The lowest BCUT2D eigenvalue weighted by atomic mass is 10.2. The number of nitrogens with one attached hydrogen (secondary N) is 1. The minimum absolute atomic E-state index is 0.246. The normalized spacial score (nSPS) is 14.3. The van der Waals surface area contributed by atoms with E-state index in [1.807, 2.05) is 24.3 Å². The van der Waals surface area contributed by atoms with Crippen LogP contribution in [0.15, 0.2) is 71.2 Å². The van der Waals surface area contributed by atoms with Gasteiger partial charge in [0.2, 0.25) is 5.91 Å². The van der Waals surface area contributed by atoms with Gasteiger partial charge in [-0.25, -0.2) is 4.39 Å². The molecule has 0 spiro atoms. The highest BCUT2D eigenvalue weighted by molar-refractivity contribution is 6.01. The Labute approximate surface area is 168 Å². The fraction of sp³-hybridized carbons (Fsp3) is 0.174. The molecule has 148 valence electrons. The van der Waals surface area contributed by atoms with Crippen LogP contribution < -0.4 is 10.2 Å². The molecule has 0 saturated carbocycles. The van der Waals surface area contributed by atoms with Gasteiger partial charge < -0.3 is 19.4 Å². The fourth-order valence-electron chi connectivity index (χ4n) is 3.13. The van der Waals surface area contributed by atoms with E-state index in [0.717, 1.165) is 43.2 Å². The van der Waals surface area contributed by atoms with Crippen LogP contribution in [0, 0.1) is 5.82 Å². The van der Waals surface area contributed by atoms with Gasteiger partial charge in [0.1, 0.15) is 17.3 Å². The summed E-state index contributed by atoms with van der Waals surface area (Å²) in [5.74, 6) is 0.616. The van der Waals surface area contributed by atoms with E-state index in [0.29, 0.717) is 11.5 Å². The third-order valence-electron chi connectivity index (χ3n) is 4.67. The predicted octanol–water partition coefficient (Wildman–Crippen LogP) is 4.57. The number of hydrogen-bond donors (Lipinski definition) is 1. The zero-order chi connectivity index (χ0) is 20.1. The number of amides is 1. The summed E-state index contributed by atoms with van der Waals surface area (Å²) < 4.78 is 24.1. The summed E-state index contributed by atoms with van der Waals surface area (Å²) in [5, 5.41) is 2.83. The molecular formula is C23H21FN2O3. The fourth-order valence-corrected chi connectivity index (χ4v) is 3.13. The van der Waals surface area contributed by atoms with Gasteiger partial charge >= 0.3 is 0 Å². The number of nitrogens with zero attached hydrogens (tertiary/aromatic N) is 1. The van der Waals surface area contributed by atoms with Crippen molar-refractivity contribution in [2.75, 3.05) is 36.5 Å². The van der Waals surface area contributed by atoms with Gasteiger partial charge in [0.05, 0.1) is 13.2 Å². The van der Waals surface area contributed by atoms with Crippen LogP contribution in [0.5, 0.6) is 0 Å². The Balaban J connectivity index is 1.34. The van der Waals surface area contributed by atoms with Crippen molar-refractivity contribution >= 4 is 23.4 Å². The Hall–Kier alpha value is -3.38. The summed E-state index contributed by atoms with van der Waals surface area (Å²) in [5.41, 5.74) is 2.62. The molecule has 0 radical (unpaired) electrons. The van der Waals surface area contributed by atoms with Crippen LogP contribution in [0.2, 0.25) is 0 Å². The van der Waals surface area contributed by atoms with E-state index in [1.54, 1.807) is 30.3 Å². The second-order valence-electron chi connectivity index (χ2n) is 6.68. The monoisotopic (exact) mass is 392 g/mol. The first-order valence-corrected chi connectivity index (χ1v) is 9.45. The first kappa shape index (κ1) is 19.0. The second-order valence-corrected chi connectivity index (χ2v) is 6.68. The van der Waals surface area contributed by atoms with E-state index < -0.39 is 0 Å². The predicted molar refractivity (Wildman–Crippen MR) is 111 cm³/mol. The molecule has 1 fully saturated rings. The lowest BCUT2D eigenvalue weighted by Gasteiger charge is -2.28. The molecule has 1 N–H and O–H groups in total. The Bertz CT molecular complexity index is 988. The molecule has 6 heteroatoms. The highest BCUT2D eigenvalue weighted by Gasteiger charge is 2.11. The number of carbonyl (C=O) groups is 1. The van der Waals surface area contributed by atoms with E-state index in [-0.39, 0.29) is 11.7 Å². The van der Waals surface area contributed by atoms with Gasteiger partial charge in [-0.05, 0) is 66.7 Å². The molecule has 1 saturated heterocycles. The zero-order valence-electron chi connectivity index (χ0n) is 15.8. The van der Waals surface area contributed by atoms with Crippen molar-refractivity contribution in [3.05, 3.63) is 78.3 Å². The van der Waals surface area contributed by atoms with Crippen molar-refractivity contribution in [3.8, 4) is 11.3 Å². The third-order valence-corrected chi connectivity index (χ3v) is 4.67. The number of anilines is 2. The molecule has 0 aliphatic carbocycles. The molecule has 0 unspecified atom stereocenters. The molecule has 29 heavy (non-hydrogen) atoms. The standard InChI is InChI=1S/C23H21FN2O3/c24-18-3-1-17(2-4-18)22-11-9-21(29-22)10-12-23(27)25-19-5-7-20(8-6-19)26-13-15-28-16-14-26/h1-12H,13-16H2,(H,25,27)/b12-10-. The van der Waals surface area contributed by atoms with Gasteiger partial charge in [-0.2, -0.15) is 0 Å². The van der Waals surface area contributed by atoms with Crippen molar-refractivity contribution in [1.82, 2.24) is 0 Å². The molecule has 2 aromatic carbocycles. The molecule has 2 heterocycles. The highest BCUT2D eigenvalue weighted by Crippen LogP contribution is 2.23. The zero-order valence-corrected chi connectivity index (χ0v) is 15.8. The number of carbonyl (C=O) groups excluding carboxylic acids is 1. The molecule has 3 aromatic rings. The Morgan fingerprint density at radius 3 is 2.41 bits per heavy atom. The van der Waals surface area contributed by atoms with Gasteiger partial charge in [0, 0.05) is 36.1 Å². The Morgan fingerprint density at radius 1 is 0.966 bits per heavy atom. The number of ether oxygens (including phenoxy) is 1. The SMILES string of the molecule is O=C(/C=C\c1ccc(-c2ccc(F)cc2)o1)Nc1ccc(N2CCOCC2)cc1. The van der Waals surface area contributed by atoms with E-state index in [2.05, 4.69) is 10.2 Å². The highest BCUT2D eigenvalue weighted by atomic mass is 19.1. The van der Waals surface area contributed by atoms with Crippen molar-refractivity contribution < 1.29 is 18.3 Å². The first-order valence-electron chi connectivity index (χ1n) is 9.45. The van der Waals surface area contributed by atoms with Crippen LogP contribution in [-0.4, -0.2) is 32.2 Å². The maximum atomic E-state index is 13.0. The van der Waals surface area contributed by atoms with Gasteiger partial charge in [-0.15, -0.1) is 0 Å². The van der Waals surface area contributed by atoms with Crippen LogP contribution in [0.3, 0.4) is 0 Å². The maximum absolute atomic E-state index is 13.0. The second kappa shape index (κ2) is 8.75. The van der Waals surface area contributed by atoms with E-state index in [4.69, 9.17) is 9.15 Å². The van der Waals surface area contributed by atoms with Crippen LogP contribution >= 0.6 is 0 Å². The van der Waals surface area contributed by atoms with Crippen LogP contribution in [0.4, 0.5) is 15.8 Å². The lowest BCUT2D eigenvalue weighted by Crippen LogP contribution is -2.36. The molecule has 1 aliphatic rings. The smallest absolute Gasteiger partial charge is 0.248 e. The lowest BCUT2D eigenvalue weighted by molar-refractivity contribution is -0.111. The molecule has 1 aromatic heterocycles. The van der Waals surface area contributed by atoms with Crippen LogP contribution in [0.1, 0.15) is 5.76 Å². The van der Waals surface area contributed by atoms with Gasteiger partial charge in [0.15, 0.2) is 0 Å². The van der Waals surface area contributed by atoms with Gasteiger partial charge in [0.25, 0.3) is 0 Å². The molecule has 0 atom stereocenters. The largest absolute Gasteiger partial charge is 0.457 e. The van der Waals surface area contributed by atoms with Gasteiger partial charge in [-0.3, -0.25) is 4.79 Å². The molecular weight excluding hydrogens is 371 g/mol. The van der Waals surface area contributed by atoms with E-state index >= 15 is 0 Å². The third kappa shape index (κ3) is 4.92. The van der Waals surface area contributed by atoms with E-state index in [9.17, 15) is 9.18 Å². The van der Waals surface area contributed by atoms with Crippen LogP contribution in [-0.2, 0) is 9.53 Å².